The Morgan fingerprint density at radius 3 is 2.70 bits per heavy atom. The summed E-state index contributed by atoms with van der Waals surface area (Å²) in [4.78, 5) is 12.5. The molecular weight excluding hydrogens is 344 g/mol. The molecule has 0 saturated heterocycles. The quantitative estimate of drug-likeness (QED) is 0.425. The van der Waals surface area contributed by atoms with Gasteiger partial charge in [-0.15, -0.1) is 6.42 Å². The zero-order valence-corrected chi connectivity index (χ0v) is 15.1. The number of carbonyl (C=O) groups excluding carboxylic acids is 1. The summed E-state index contributed by atoms with van der Waals surface area (Å²) < 4.78 is 22.0. The van der Waals surface area contributed by atoms with Crippen LogP contribution in [0.15, 0.2) is 42.5 Å². The molecule has 1 aliphatic rings. The second kappa shape index (κ2) is 8.81. The van der Waals surface area contributed by atoms with Gasteiger partial charge < -0.3 is 18.9 Å². The highest BCUT2D eigenvalue weighted by Crippen LogP contribution is 2.31. The van der Waals surface area contributed by atoms with Crippen LogP contribution in [-0.2, 0) is 0 Å². The molecule has 3 rings (SSSR count). The van der Waals surface area contributed by atoms with Crippen LogP contribution in [0.5, 0.6) is 23.0 Å². The number of allylic oxidation sites excluding steroid dienone is 1. The van der Waals surface area contributed by atoms with Crippen molar-refractivity contribution in [1.82, 2.24) is 0 Å². The van der Waals surface area contributed by atoms with Crippen molar-refractivity contribution in [3.05, 3.63) is 53.6 Å². The molecule has 27 heavy (non-hydrogen) atoms. The van der Waals surface area contributed by atoms with Crippen LogP contribution in [-0.4, -0.2) is 32.2 Å². The first-order chi connectivity index (χ1) is 13.2. The van der Waals surface area contributed by atoms with E-state index in [0.717, 1.165) is 5.56 Å². The fourth-order valence-electron chi connectivity index (χ4n) is 2.60. The number of ether oxygens (including phenoxy) is 4. The van der Waals surface area contributed by atoms with Gasteiger partial charge in [0.25, 0.3) is 0 Å². The van der Waals surface area contributed by atoms with Crippen molar-refractivity contribution in [2.45, 2.75) is 6.92 Å². The molecule has 0 spiro atoms. The average Bonchev–Trinajstić information content (AvgIpc) is 2.71. The summed E-state index contributed by atoms with van der Waals surface area (Å²) in [6.45, 7) is 3.55. The molecule has 0 aromatic heterocycles. The van der Waals surface area contributed by atoms with Gasteiger partial charge in [-0.3, -0.25) is 4.79 Å². The SMILES string of the molecule is C#CCOc1ccc(/C=C/C(=O)c2ccc3c(c2)OCCO3)cc1OCC. The first kappa shape index (κ1) is 18.4. The molecule has 0 saturated carbocycles. The normalized spacial score (nSPS) is 12.4. The van der Waals surface area contributed by atoms with Crippen LogP contribution in [0.1, 0.15) is 22.8 Å². The smallest absolute Gasteiger partial charge is 0.185 e. The topological polar surface area (TPSA) is 54.0 Å². The van der Waals surface area contributed by atoms with Gasteiger partial charge in [0.15, 0.2) is 28.8 Å². The van der Waals surface area contributed by atoms with E-state index in [1.807, 2.05) is 19.1 Å². The number of carbonyl (C=O) groups is 1. The summed E-state index contributed by atoms with van der Waals surface area (Å²) in [6, 6.07) is 10.6. The lowest BCUT2D eigenvalue weighted by Gasteiger charge is -2.18. The zero-order valence-electron chi connectivity index (χ0n) is 15.1. The van der Waals surface area contributed by atoms with E-state index in [1.165, 1.54) is 6.08 Å². The Morgan fingerprint density at radius 2 is 1.93 bits per heavy atom. The Balaban J connectivity index is 1.75. The van der Waals surface area contributed by atoms with Crippen LogP contribution in [0.4, 0.5) is 0 Å². The van der Waals surface area contributed by atoms with E-state index >= 15 is 0 Å². The van der Waals surface area contributed by atoms with E-state index in [9.17, 15) is 4.79 Å². The first-order valence-corrected chi connectivity index (χ1v) is 8.66. The monoisotopic (exact) mass is 364 g/mol. The van der Waals surface area contributed by atoms with Gasteiger partial charge >= 0.3 is 0 Å². The number of terminal acetylenes is 1. The number of fused-ring (bicyclic) bond motifs is 1. The zero-order chi connectivity index (χ0) is 19.1. The molecule has 5 nitrogen and oxygen atoms in total. The molecule has 0 aliphatic carbocycles. The lowest BCUT2D eigenvalue weighted by atomic mass is 10.1. The molecule has 0 radical (unpaired) electrons. The van der Waals surface area contributed by atoms with Crippen LogP contribution >= 0.6 is 0 Å². The Kier molecular flexibility index (Phi) is 6.01. The maximum atomic E-state index is 12.5. The Bertz CT molecular complexity index is 892. The van der Waals surface area contributed by atoms with Gasteiger partial charge in [-0.05, 0) is 48.9 Å². The average molecular weight is 364 g/mol. The molecular formula is C22H20O5. The lowest BCUT2D eigenvalue weighted by Crippen LogP contribution is -2.15. The van der Waals surface area contributed by atoms with Gasteiger partial charge in [-0.1, -0.05) is 18.1 Å². The minimum absolute atomic E-state index is 0.127. The lowest BCUT2D eigenvalue weighted by molar-refractivity contribution is 0.104. The summed E-state index contributed by atoms with van der Waals surface area (Å²) >= 11 is 0. The highest BCUT2D eigenvalue weighted by Gasteiger charge is 2.14. The Morgan fingerprint density at radius 1 is 1.11 bits per heavy atom. The van der Waals surface area contributed by atoms with Crippen molar-refractivity contribution < 1.29 is 23.7 Å². The number of rotatable bonds is 7. The fourth-order valence-corrected chi connectivity index (χ4v) is 2.60. The Hall–Kier alpha value is -3.39. The predicted molar refractivity (Wildman–Crippen MR) is 103 cm³/mol. The number of hydrogen-bond donors (Lipinski definition) is 0. The summed E-state index contributed by atoms with van der Waals surface area (Å²) in [5.74, 6) is 4.71. The van der Waals surface area contributed by atoms with Gasteiger partial charge in [0.2, 0.25) is 0 Å². The number of hydrogen-bond acceptors (Lipinski definition) is 5. The van der Waals surface area contributed by atoms with Gasteiger partial charge in [0.05, 0.1) is 6.61 Å². The molecule has 0 unspecified atom stereocenters. The predicted octanol–water partition coefficient (Wildman–Crippen LogP) is 3.76. The molecule has 5 heteroatoms. The molecule has 1 heterocycles. The van der Waals surface area contributed by atoms with Crippen molar-refractivity contribution in [1.29, 1.82) is 0 Å². The van der Waals surface area contributed by atoms with Gasteiger partial charge in [0.1, 0.15) is 19.8 Å². The highest BCUT2D eigenvalue weighted by molar-refractivity contribution is 6.07. The third-order valence-electron chi connectivity index (χ3n) is 3.83. The second-order valence-electron chi connectivity index (χ2n) is 5.69. The largest absolute Gasteiger partial charge is 0.490 e. The minimum Gasteiger partial charge on any atom is -0.490 e. The molecule has 0 bridgehead atoms. The molecule has 0 N–H and O–H groups in total. The fraction of sp³-hybridized carbons (Fsp3) is 0.227. The molecule has 138 valence electrons. The van der Waals surface area contributed by atoms with Crippen molar-refractivity contribution >= 4 is 11.9 Å². The van der Waals surface area contributed by atoms with E-state index in [2.05, 4.69) is 5.92 Å². The van der Waals surface area contributed by atoms with Crippen LogP contribution in [0, 0.1) is 12.3 Å². The summed E-state index contributed by atoms with van der Waals surface area (Å²) in [5, 5.41) is 0. The molecule has 0 atom stereocenters. The first-order valence-electron chi connectivity index (χ1n) is 8.66. The van der Waals surface area contributed by atoms with Crippen LogP contribution < -0.4 is 18.9 Å². The van der Waals surface area contributed by atoms with Crippen molar-refractivity contribution in [2.75, 3.05) is 26.4 Å². The van der Waals surface area contributed by atoms with E-state index in [-0.39, 0.29) is 12.4 Å². The molecule has 0 fully saturated rings. The maximum absolute atomic E-state index is 12.5. The van der Waals surface area contributed by atoms with Crippen LogP contribution in [0.2, 0.25) is 0 Å². The van der Waals surface area contributed by atoms with E-state index in [1.54, 1.807) is 30.3 Å². The van der Waals surface area contributed by atoms with E-state index in [4.69, 9.17) is 25.4 Å². The minimum atomic E-state index is -0.127. The summed E-state index contributed by atoms with van der Waals surface area (Å²) in [7, 11) is 0. The van der Waals surface area contributed by atoms with Gasteiger partial charge in [0, 0.05) is 5.56 Å². The molecule has 1 aliphatic heterocycles. The summed E-state index contributed by atoms with van der Waals surface area (Å²) in [5.41, 5.74) is 1.35. The van der Waals surface area contributed by atoms with Crippen molar-refractivity contribution in [2.24, 2.45) is 0 Å². The molecule has 0 amide bonds. The maximum Gasteiger partial charge on any atom is 0.185 e. The third kappa shape index (κ3) is 4.62. The Labute approximate surface area is 158 Å². The van der Waals surface area contributed by atoms with Gasteiger partial charge in [-0.2, -0.15) is 0 Å². The van der Waals surface area contributed by atoms with Gasteiger partial charge in [-0.25, -0.2) is 0 Å². The van der Waals surface area contributed by atoms with Crippen LogP contribution in [0.3, 0.4) is 0 Å². The number of benzene rings is 2. The van der Waals surface area contributed by atoms with Crippen molar-refractivity contribution in [3.8, 4) is 35.3 Å². The van der Waals surface area contributed by atoms with E-state index in [0.29, 0.717) is 48.4 Å². The highest BCUT2D eigenvalue weighted by atomic mass is 16.6. The molecule has 2 aromatic rings. The van der Waals surface area contributed by atoms with E-state index < -0.39 is 0 Å². The summed E-state index contributed by atoms with van der Waals surface area (Å²) in [6.07, 6.45) is 8.47. The van der Waals surface area contributed by atoms with Crippen LogP contribution in [0.25, 0.3) is 6.08 Å². The number of ketones is 1. The molecule has 2 aromatic carbocycles. The third-order valence-corrected chi connectivity index (χ3v) is 3.83. The standard InChI is InChI=1S/C22H20O5/c1-3-11-25-19-9-6-16(14-21(19)24-4-2)5-8-18(23)17-7-10-20-22(15-17)27-13-12-26-20/h1,5-10,14-15H,4,11-13H2,2H3/b8-5+. The second-order valence-corrected chi connectivity index (χ2v) is 5.69. The van der Waals surface area contributed by atoms with Crippen molar-refractivity contribution in [3.63, 3.8) is 0 Å².